The van der Waals surface area contributed by atoms with Crippen molar-refractivity contribution in [2.24, 2.45) is 0 Å². The summed E-state index contributed by atoms with van der Waals surface area (Å²) in [7, 11) is 0. The molecule has 0 amide bonds. The second-order valence-corrected chi connectivity index (χ2v) is 9.39. The van der Waals surface area contributed by atoms with Crippen LogP contribution < -0.4 is 9.80 Å². The standard InChI is InChI=1S/C26H38N2O4.Eu.5NO3.H2O/c1-3-7-25(8-4-1)23-27-11-15-29-19-21-31-17-13-28(24-26-9-5-2-6-10-26)14-18-32-22-20-30-16-12-27;;5*2-1(3)4;/h1-10H,11-24H2;;;;;;;1H2/q;+3;5*-1;/p+3. The van der Waals surface area contributed by atoms with Crippen molar-refractivity contribution in [3.63, 3.8) is 0 Å². The maximum atomic E-state index is 8.25. The Bertz CT molecular complexity index is 1030. The van der Waals surface area contributed by atoms with E-state index in [1.165, 1.54) is 20.9 Å². The number of nitrogens with one attached hydrogen (secondary N) is 2. The first kappa shape index (κ1) is 59.0. The number of rotatable bonds is 4. The van der Waals surface area contributed by atoms with E-state index >= 15 is 0 Å². The van der Waals surface area contributed by atoms with Gasteiger partial charge in [0.25, 0.3) is 0 Å². The average Bonchev–Trinajstić information content (AvgIpc) is 3.02. The normalized spacial score (nSPS) is 15.9. The molecule has 308 valence electrons. The molecular formula is C26H43EuN7O20+. The summed E-state index contributed by atoms with van der Waals surface area (Å²) >= 11 is 0. The molecule has 0 saturated carbocycles. The van der Waals surface area contributed by atoms with E-state index < -0.39 is 25.4 Å². The van der Waals surface area contributed by atoms with Crippen LogP contribution in [0.5, 0.6) is 0 Å². The Morgan fingerprint density at radius 2 is 0.593 bits per heavy atom. The summed E-state index contributed by atoms with van der Waals surface area (Å²) in [5.74, 6) is 0. The van der Waals surface area contributed by atoms with Crippen LogP contribution in [0.3, 0.4) is 0 Å². The molecule has 2 aromatic carbocycles. The van der Waals surface area contributed by atoms with Gasteiger partial charge in [-0.1, -0.05) is 60.7 Å². The Morgan fingerprint density at radius 3 is 0.778 bits per heavy atom. The summed E-state index contributed by atoms with van der Waals surface area (Å²) in [6.45, 7) is 11.3. The minimum absolute atomic E-state index is 0. The molecular weight excluding hydrogens is 882 g/mol. The molecule has 1 heterocycles. The van der Waals surface area contributed by atoms with E-state index in [-0.39, 0.29) is 54.9 Å². The first-order valence-electron chi connectivity index (χ1n) is 14.7. The Balaban J connectivity index is -0.000000301. The summed E-state index contributed by atoms with van der Waals surface area (Å²) < 4.78 is 23.4. The van der Waals surface area contributed by atoms with Gasteiger partial charge < -0.3 is 111 Å². The van der Waals surface area contributed by atoms with Gasteiger partial charge in [-0.15, -0.1) is 0 Å². The van der Waals surface area contributed by atoms with Crippen LogP contribution in [0, 0.1) is 126 Å². The number of quaternary nitrogens is 2. The molecule has 3 rings (SSSR count). The van der Waals surface area contributed by atoms with Gasteiger partial charge in [0.05, 0.1) is 78.3 Å². The van der Waals surface area contributed by atoms with Crippen molar-refractivity contribution in [1.82, 2.24) is 0 Å². The Morgan fingerprint density at radius 1 is 0.407 bits per heavy atom. The monoisotopic (exact) mass is 926 g/mol. The fourth-order valence-corrected chi connectivity index (χ4v) is 3.88. The molecule has 1 aliphatic heterocycles. The summed E-state index contributed by atoms with van der Waals surface area (Å²) in [5, 5.41) is 73.8. The molecule has 0 unspecified atom stereocenters. The van der Waals surface area contributed by atoms with Crippen LogP contribution in [-0.4, -0.2) is 104 Å². The molecule has 0 radical (unpaired) electrons. The summed E-state index contributed by atoms with van der Waals surface area (Å²) in [5.41, 5.74) is 2.69. The third-order valence-corrected chi connectivity index (χ3v) is 5.74. The number of hydrogen-bond acceptors (Lipinski definition) is 19. The first-order chi connectivity index (χ1) is 24.6. The molecule has 0 bridgehead atoms. The molecule has 1 aliphatic rings. The van der Waals surface area contributed by atoms with Crippen molar-refractivity contribution in [3.8, 4) is 0 Å². The fourth-order valence-electron chi connectivity index (χ4n) is 3.88. The summed E-state index contributed by atoms with van der Waals surface area (Å²) in [4.78, 5) is 44.2. The third kappa shape index (κ3) is 59.9. The summed E-state index contributed by atoms with van der Waals surface area (Å²) in [6, 6.07) is 21.3. The van der Waals surface area contributed by atoms with E-state index in [0.29, 0.717) is 26.4 Å². The third-order valence-electron chi connectivity index (χ3n) is 5.74. The van der Waals surface area contributed by atoms with Crippen LogP contribution in [0.1, 0.15) is 11.1 Å². The molecule has 28 heteroatoms. The van der Waals surface area contributed by atoms with E-state index in [1.54, 1.807) is 0 Å². The van der Waals surface area contributed by atoms with Crippen LogP contribution >= 0.6 is 0 Å². The molecule has 27 nitrogen and oxygen atoms in total. The van der Waals surface area contributed by atoms with Crippen molar-refractivity contribution in [1.29, 1.82) is 0 Å². The van der Waals surface area contributed by atoms with Crippen LogP contribution in [0.2, 0.25) is 0 Å². The van der Waals surface area contributed by atoms with Gasteiger partial charge in [-0.3, -0.25) is 0 Å². The van der Waals surface area contributed by atoms with Crippen molar-refractivity contribution >= 4 is 0 Å². The van der Waals surface area contributed by atoms with E-state index in [1.807, 2.05) is 0 Å². The van der Waals surface area contributed by atoms with Crippen LogP contribution in [0.4, 0.5) is 0 Å². The summed E-state index contributed by atoms with van der Waals surface area (Å²) in [6.07, 6.45) is 0. The zero-order chi connectivity index (χ0) is 40.0. The first-order valence-corrected chi connectivity index (χ1v) is 14.7. The molecule has 0 aliphatic carbocycles. The second-order valence-electron chi connectivity index (χ2n) is 9.39. The molecule has 54 heavy (non-hydrogen) atoms. The van der Waals surface area contributed by atoms with Gasteiger partial charge in [0.2, 0.25) is 0 Å². The molecule has 5 N–H and O–H groups in total. The minimum Gasteiger partial charge on any atom is -0.457 e. The number of ether oxygens (including phenoxy) is 4. The Labute approximate surface area is 347 Å². The zero-order valence-electron chi connectivity index (χ0n) is 28.6. The molecule has 1 fully saturated rings. The van der Waals surface area contributed by atoms with Gasteiger partial charge in [0.1, 0.15) is 39.3 Å². The smallest absolute Gasteiger partial charge is 0.457 e. The molecule has 0 spiro atoms. The van der Waals surface area contributed by atoms with Gasteiger partial charge in [-0.2, -0.15) is 0 Å². The average molecular weight is 926 g/mol. The van der Waals surface area contributed by atoms with Crippen molar-refractivity contribution < 1.29 is 109 Å². The van der Waals surface area contributed by atoms with E-state index in [0.717, 1.165) is 65.7 Å². The van der Waals surface area contributed by atoms with Gasteiger partial charge in [-0.25, -0.2) is 0 Å². The maximum absolute atomic E-state index is 8.25. The Kier molecular flexibility index (Phi) is 47.2. The fraction of sp³-hybridized carbons (Fsp3) is 0.538. The topological polar surface area (TPSA) is 410 Å². The predicted molar refractivity (Wildman–Crippen MR) is 182 cm³/mol. The van der Waals surface area contributed by atoms with Crippen molar-refractivity contribution in [2.75, 3.05) is 79.0 Å². The van der Waals surface area contributed by atoms with Gasteiger partial charge in [0.15, 0.2) is 0 Å². The zero-order valence-corrected chi connectivity index (χ0v) is 31.0. The van der Waals surface area contributed by atoms with Crippen molar-refractivity contribution in [2.45, 2.75) is 13.1 Å². The second kappa shape index (κ2) is 43.2. The number of nitrogens with zero attached hydrogens (tertiary/aromatic N) is 5. The molecule has 0 aromatic heterocycles. The van der Waals surface area contributed by atoms with Crippen LogP contribution in [-0.2, 0) is 37.5 Å². The molecule has 1 saturated heterocycles. The minimum atomic E-state index is -1.75. The van der Waals surface area contributed by atoms with E-state index in [4.69, 9.17) is 95.6 Å². The van der Waals surface area contributed by atoms with Gasteiger partial charge in [-0.05, 0) is 0 Å². The van der Waals surface area contributed by atoms with Gasteiger partial charge in [0, 0.05) is 11.1 Å². The molecule has 0 atom stereocenters. The van der Waals surface area contributed by atoms with Crippen molar-refractivity contribution in [3.05, 3.63) is 148 Å². The number of hydrogen-bond donors (Lipinski definition) is 2. The SMILES string of the molecule is O=[N+]([O-])[O-].O=[N+]([O-])[O-].O=[N+]([O-])[O-].O=[N+]([O-])[O-].O=[N+]([O-])[O-].[Eu+3].[OH3+].c1ccc(C[NH+]2CCOCCOCC[NH+](Cc3ccccc3)CCOCCOCC2)cc1. The van der Waals surface area contributed by atoms with Crippen LogP contribution in [0.15, 0.2) is 60.7 Å². The number of benzene rings is 2. The largest absolute Gasteiger partial charge is 3.00 e. The maximum Gasteiger partial charge on any atom is 3.00 e. The van der Waals surface area contributed by atoms with Gasteiger partial charge >= 0.3 is 49.4 Å². The Hall–Kier alpha value is -4.26. The van der Waals surface area contributed by atoms with E-state index in [2.05, 4.69) is 60.7 Å². The van der Waals surface area contributed by atoms with E-state index in [9.17, 15) is 0 Å². The predicted octanol–water partition coefficient (Wildman–Crippen LogP) is -1.88. The molecule has 2 aromatic rings. The quantitative estimate of drug-likeness (QED) is 0.192. The van der Waals surface area contributed by atoms with Crippen LogP contribution in [0.25, 0.3) is 0 Å².